The molecule has 2 N–H and O–H groups in total. The number of fused-ring (bicyclic) bond motifs is 1. The predicted molar refractivity (Wildman–Crippen MR) is 114 cm³/mol. The Labute approximate surface area is 184 Å². The van der Waals surface area contributed by atoms with E-state index in [0.29, 0.717) is 46.5 Å². The van der Waals surface area contributed by atoms with E-state index in [0.717, 1.165) is 11.1 Å². The van der Waals surface area contributed by atoms with E-state index in [4.69, 9.17) is 14.2 Å². The Balaban J connectivity index is 1.64. The maximum atomic E-state index is 12.2. The van der Waals surface area contributed by atoms with Gasteiger partial charge in [-0.2, -0.15) is 0 Å². The summed E-state index contributed by atoms with van der Waals surface area (Å²) in [4.78, 5) is 24.2. The Morgan fingerprint density at radius 1 is 1.32 bits per heavy atom. The number of hydrogen-bond donors (Lipinski definition) is 2. The van der Waals surface area contributed by atoms with Crippen LogP contribution in [0.15, 0.2) is 11.6 Å². The number of methoxy groups -OCH3 is 2. The number of aromatic hydroxyl groups is 1. The van der Waals surface area contributed by atoms with Gasteiger partial charge in [0.1, 0.15) is 35.3 Å². The van der Waals surface area contributed by atoms with Crippen LogP contribution >= 0.6 is 11.3 Å². The number of anilines is 1. The molecule has 0 aliphatic carbocycles. The number of esters is 1. The number of hydrogen-bond acceptors (Lipinski definition) is 9. The molecule has 0 unspecified atom stereocenters. The third-order valence-electron chi connectivity index (χ3n) is 5.03. The van der Waals surface area contributed by atoms with Gasteiger partial charge in [0, 0.05) is 24.7 Å². The van der Waals surface area contributed by atoms with Crippen LogP contribution in [0.5, 0.6) is 11.5 Å². The second-order valence-electron chi connectivity index (χ2n) is 7.15. The summed E-state index contributed by atoms with van der Waals surface area (Å²) in [5.41, 5.74) is 3.15. The van der Waals surface area contributed by atoms with Crippen LogP contribution in [-0.4, -0.2) is 41.4 Å². The number of rotatable bonds is 9. The van der Waals surface area contributed by atoms with Crippen LogP contribution in [0.4, 0.5) is 5.13 Å². The number of carbonyl (C=O) groups excluding carboxylic acids is 2. The summed E-state index contributed by atoms with van der Waals surface area (Å²) in [5.74, 6) is -0.254. The summed E-state index contributed by atoms with van der Waals surface area (Å²) in [7, 11) is 3.10. The first-order valence-electron chi connectivity index (χ1n) is 9.70. The lowest BCUT2D eigenvalue weighted by atomic mass is 9.94. The summed E-state index contributed by atoms with van der Waals surface area (Å²) in [5, 5.41) is 22.4. The monoisotopic (exact) mass is 447 g/mol. The minimum absolute atomic E-state index is 0.107. The van der Waals surface area contributed by atoms with Crippen LogP contribution in [0.2, 0.25) is 0 Å². The number of allylic oxidation sites excluding steroid dienone is 2. The molecule has 9 nitrogen and oxygen atoms in total. The van der Waals surface area contributed by atoms with Crippen molar-refractivity contribution in [3.63, 3.8) is 0 Å². The number of nitrogens with one attached hydrogen (secondary N) is 1. The molecule has 0 bridgehead atoms. The SMILES string of the molecule is COCc1nnc(NC(=O)CC/C(C)=C/Cc2c(O)c3c(c(C)c2OC)COC3=O)s1. The summed E-state index contributed by atoms with van der Waals surface area (Å²) in [6, 6.07) is 0. The number of ether oxygens (including phenoxy) is 3. The first-order chi connectivity index (χ1) is 14.8. The van der Waals surface area contributed by atoms with Gasteiger partial charge in [0.15, 0.2) is 0 Å². The van der Waals surface area contributed by atoms with Crippen molar-refractivity contribution >= 4 is 28.3 Å². The highest BCUT2D eigenvalue weighted by atomic mass is 32.1. The zero-order valence-electron chi connectivity index (χ0n) is 17.9. The van der Waals surface area contributed by atoms with Gasteiger partial charge in [-0.25, -0.2) is 4.79 Å². The van der Waals surface area contributed by atoms with Crippen molar-refractivity contribution < 1.29 is 28.9 Å². The zero-order valence-corrected chi connectivity index (χ0v) is 18.7. The molecule has 31 heavy (non-hydrogen) atoms. The molecule has 2 heterocycles. The standard InChI is InChI=1S/C21H25N3O6S/c1-11(6-8-15(25)22-21-24-23-16(31-21)10-28-3)5-7-13-18(26)17-14(9-30-20(17)27)12(2)19(13)29-4/h5,26H,6-10H2,1-4H3,(H,22,24,25)/b11-5+. The third-order valence-corrected chi connectivity index (χ3v) is 5.84. The maximum Gasteiger partial charge on any atom is 0.342 e. The minimum atomic E-state index is -0.526. The van der Waals surface area contributed by atoms with Gasteiger partial charge < -0.3 is 24.6 Å². The average Bonchev–Trinajstić information content (AvgIpc) is 3.34. The average molecular weight is 448 g/mol. The number of nitrogens with zero attached hydrogens (tertiary/aromatic N) is 2. The Morgan fingerprint density at radius 2 is 2.10 bits per heavy atom. The number of cyclic esters (lactones) is 1. The molecule has 0 saturated carbocycles. The van der Waals surface area contributed by atoms with Gasteiger partial charge in [-0.1, -0.05) is 23.0 Å². The Hall–Kier alpha value is -2.98. The van der Waals surface area contributed by atoms with Crippen molar-refractivity contribution in [3.05, 3.63) is 38.9 Å². The van der Waals surface area contributed by atoms with Gasteiger partial charge in [-0.3, -0.25) is 4.79 Å². The minimum Gasteiger partial charge on any atom is -0.507 e. The summed E-state index contributed by atoms with van der Waals surface area (Å²) in [6.45, 7) is 4.24. The summed E-state index contributed by atoms with van der Waals surface area (Å²) >= 11 is 1.27. The van der Waals surface area contributed by atoms with Crippen molar-refractivity contribution in [1.82, 2.24) is 10.2 Å². The first kappa shape index (κ1) is 22.7. The molecule has 0 fully saturated rings. The summed E-state index contributed by atoms with van der Waals surface area (Å²) < 4.78 is 15.5. The van der Waals surface area contributed by atoms with E-state index in [1.165, 1.54) is 18.4 Å². The molecule has 1 aromatic heterocycles. The summed E-state index contributed by atoms with van der Waals surface area (Å²) in [6.07, 6.45) is 3.09. The number of aromatic nitrogens is 2. The predicted octanol–water partition coefficient (Wildman–Crippen LogP) is 3.29. The molecule has 0 radical (unpaired) electrons. The van der Waals surface area contributed by atoms with Crippen molar-refractivity contribution in [2.24, 2.45) is 0 Å². The molecule has 2 aromatic rings. The van der Waals surface area contributed by atoms with Crippen LogP contribution in [0, 0.1) is 6.92 Å². The number of phenolic OH excluding ortho intramolecular Hbond substituents is 1. The highest BCUT2D eigenvalue weighted by Crippen LogP contribution is 2.42. The third kappa shape index (κ3) is 5.02. The fourth-order valence-corrected chi connectivity index (χ4v) is 4.11. The van der Waals surface area contributed by atoms with E-state index in [2.05, 4.69) is 15.5 Å². The van der Waals surface area contributed by atoms with Crippen molar-refractivity contribution in [1.29, 1.82) is 0 Å². The fraction of sp³-hybridized carbons (Fsp3) is 0.429. The van der Waals surface area contributed by atoms with E-state index in [9.17, 15) is 14.7 Å². The van der Waals surface area contributed by atoms with Crippen LogP contribution in [0.3, 0.4) is 0 Å². The molecule has 0 saturated heterocycles. The van der Waals surface area contributed by atoms with Gasteiger partial charge >= 0.3 is 5.97 Å². The Kier molecular flexibility index (Phi) is 7.24. The number of amides is 1. The number of carbonyl (C=O) groups is 2. The molecule has 166 valence electrons. The molecule has 1 aliphatic heterocycles. The number of phenols is 1. The lowest BCUT2D eigenvalue weighted by Crippen LogP contribution is -2.11. The normalized spacial score (nSPS) is 13.2. The maximum absolute atomic E-state index is 12.2. The number of benzene rings is 1. The molecule has 1 amide bonds. The lowest BCUT2D eigenvalue weighted by molar-refractivity contribution is -0.116. The van der Waals surface area contributed by atoms with Gasteiger partial charge in [-0.15, -0.1) is 10.2 Å². The topological polar surface area (TPSA) is 120 Å². The van der Waals surface area contributed by atoms with Crippen LogP contribution in [-0.2, 0) is 33.9 Å². The van der Waals surface area contributed by atoms with Crippen LogP contribution in [0.1, 0.15) is 51.8 Å². The van der Waals surface area contributed by atoms with E-state index in [-0.39, 0.29) is 30.2 Å². The molecule has 0 spiro atoms. The highest BCUT2D eigenvalue weighted by molar-refractivity contribution is 7.15. The quantitative estimate of drug-likeness (QED) is 0.444. The molecule has 10 heteroatoms. The zero-order chi connectivity index (χ0) is 22.5. The molecular weight excluding hydrogens is 422 g/mol. The molecule has 1 aromatic carbocycles. The first-order valence-corrected chi connectivity index (χ1v) is 10.5. The molecule has 3 rings (SSSR count). The van der Waals surface area contributed by atoms with Crippen LogP contribution < -0.4 is 10.1 Å². The van der Waals surface area contributed by atoms with E-state index in [1.807, 2.05) is 19.9 Å². The smallest absolute Gasteiger partial charge is 0.342 e. The largest absolute Gasteiger partial charge is 0.507 e. The van der Waals surface area contributed by atoms with Gasteiger partial charge in [0.05, 0.1) is 7.11 Å². The van der Waals surface area contributed by atoms with Crippen molar-refractivity contribution in [3.8, 4) is 11.5 Å². The van der Waals surface area contributed by atoms with E-state index < -0.39 is 5.97 Å². The molecule has 1 aliphatic rings. The van der Waals surface area contributed by atoms with Gasteiger partial charge in [-0.05, 0) is 32.3 Å². The van der Waals surface area contributed by atoms with E-state index >= 15 is 0 Å². The van der Waals surface area contributed by atoms with Crippen molar-refractivity contribution in [2.75, 3.05) is 19.5 Å². The fourth-order valence-electron chi connectivity index (χ4n) is 3.38. The second kappa shape index (κ2) is 9.88. The second-order valence-corrected chi connectivity index (χ2v) is 8.21. The Morgan fingerprint density at radius 3 is 2.81 bits per heavy atom. The van der Waals surface area contributed by atoms with Gasteiger partial charge in [0.2, 0.25) is 11.0 Å². The molecule has 0 atom stereocenters. The Bertz CT molecular complexity index is 1030. The molecular formula is C21H25N3O6S. The van der Waals surface area contributed by atoms with Crippen molar-refractivity contribution in [2.45, 2.75) is 46.3 Å². The highest BCUT2D eigenvalue weighted by Gasteiger charge is 2.31. The van der Waals surface area contributed by atoms with E-state index in [1.54, 1.807) is 7.11 Å². The lowest BCUT2D eigenvalue weighted by Gasteiger charge is -2.15. The van der Waals surface area contributed by atoms with Crippen LogP contribution in [0.25, 0.3) is 0 Å². The van der Waals surface area contributed by atoms with Gasteiger partial charge in [0.25, 0.3) is 0 Å².